The molecule has 1 aromatic heterocycles. The van der Waals surface area contributed by atoms with Gasteiger partial charge < -0.3 is 9.88 Å². The third-order valence-corrected chi connectivity index (χ3v) is 4.57. The van der Waals surface area contributed by atoms with E-state index in [9.17, 15) is 0 Å². The standard InChI is InChI=1S/C15H27N5/c1-3-6-15(2,10-16-13-4-5-13)11-19-7-8-20-12-17-18-14(20)9-19/h12-13,16H,3-11H2,1-2H3. The van der Waals surface area contributed by atoms with Gasteiger partial charge in [0.05, 0.1) is 6.54 Å². The molecular weight excluding hydrogens is 250 g/mol. The number of nitrogens with one attached hydrogen (secondary N) is 1. The number of nitrogens with zero attached hydrogens (tertiary/aromatic N) is 4. The summed E-state index contributed by atoms with van der Waals surface area (Å²) in [6.07, 6.45) is 7.14. The first-order valence-electron chi connectivity index (χ1n) is 8.01. The summed E-state index contributed by atoms with van der Waals surface area (Å²) in [7, 11) is 0. The minimum absolute atomic E-state index is 0.375. The zero-order valence-electron chi connectivity index (χ0n) is 12.8. The lowest BCUT2D eigenvalue weighted by molar-refractivity contribution is 0.122. The van der Waals surface area contributed by atoms with Crippen molar-refractivity contribution >= 4 is 0 Å². The maximum Gasteiger partial charge on any atom is 0.147 e. The summed E-state index contributed by atoms with van der Waals surface area (Å²) in [6.45, 7) is 10.1. The highest BCUT2D eigenvalue weighted by Crippen LogP contribution is 2.28. The summed E-state index contributed by atoms with van der Waals surface area (Å²) in [4.78, 5) is 2.55. The first-order valence-corrected chi connectivity index (χ1v) is 8.01. The Morgan fingerprint density at radius 2 is 2.25 bits per heavy atom. The van der Waals surface area contributed by atoms with Crippen LogP contribution in [0.5, 0.6) is 0 Å². The summed E-state index contributed by atoms with van der Waals surface area (Å²) >= 11 is 0. The second-order valence-corrected chi connectivity index (χ2v) is 6.87. The maximum atomic E-state index is 4.22. The molecule has 1 N–H and O–H groups in total. The van der Waals surface area contributed by atoms with Crippen molar-refractivity contribution in [2.45, 2.75) is 58.7 Å². The molecule has 2 heterocycles. The lowest BCUT2D eigenvalue weighted by atomic mass is 9.84. The fourth-order valence-electron chi connectivity index (χ4n) is 3.30. The summed E-state index contributed by atoms with van der Waals surface area (Å²) < 4.78 is 2.18. The van der Waals surface area contributed by atoms with Gasteiger partial charge in [0.2, 0.25) is 0 Å². The van der Waals surface area contributed by atoms with Gasteiger partial charge in [0.1, 0.15) is 12.2 Å². The van der Waals surface area contributed by atoms with Gasteiger partial charge in [0.25, 0.3) is 0 Å². The number of aromatic nitrogens is 3. The number of hydrogen-bond acceptors (Lipinski definition) is 4. The number of hydrogen-bond donors (Lipinski definition) is 1. The Kier molecular flexibility index (Phi) is 4.08. The Bertz CT molecular complexity index is 439. The van der Waals surface area contributed by atoms with Crippen molar-refractivity contribution in [3.8, 4) is 0 Å². The Morgan fingerprint density at radius 1 is 1.40 bits per heavy atom. The van der Waals surface area contributed by atoms with Gasteiger partial charge in [-0.2, -0.15) is 0 Å². The monoisotopic (exact) mass is 277 g/mol. The molecule has 0 amide bonds. The molecule has 20 heavy (non-hydrogen) atoms. The van der Waals surface area contributed by atoms with Crippen LogP contribution >= 0.6 is 0 Å². The van der Waals surface area contributed by atoms with E-state index in [-0.39, 0.29) is 0 Å². The van der Waals surface area contributed by atoms with E-state index in [0.29, 0.717) is 5.41 Å². The van der Waals surface area contributed by atoms with E-state index in [4.69, 9.17) is 0 Å². The van der Waals surface area contributed by atoms with Crippen molar-refractivity contribution in [1.82, 2.24) is 25.0 Å². The second-order valence-electron chi connectivity index (χ2n) is 6.87. The van der Waals surface area contributed by atoms with Crippen LogP contribution in [0.2, 0.25) is 0 Å². The summed E-state index contributed by atoms with van der Waals surface area (Å²) in [5, 5.41) is 12.0. The van der Waals surface area contributed by atoms with E-state index in [1.807, 2.05) is 6.33 Å². The van der Waals surface area contributed by atoms with E-state index in [2.05, 4.69) is 38.8 Å². The van der Waals surface area contributed by atoms with E-state index in [1.54, 1.807) is 0 Å². The first kappa shape index (κ1) is 14.0. The van der Waals surface area contributed by atoms with Crippen LogP contribution in [0.3, 0.4) is 0 Å². The molecule has 0 aromatic carbocycles. The van der Waals surface area contributed by atoms with Crippen molar-refractivity contribution < 1.29 is 0 Å². The molecule has 0 bridgehead atoms. The first-order chi connectivity index (χ1) is 9.68. The molecular formula is C15H27N5. The largest absolute Gasteiger partial charge is 0.315 e. The highest BCUT2D eigenvalue weighted by Gasteiger charge is 2.31. The predicted molar refractivity (Wildman–Crippen MR) is 79.3 cm³/mol. The molecule has 112 valence electrons. The second kappa shape index (κ2) is 5.82. The van der Waals surface area contributed by atoms with Crippen molar-refractivity contribution in [3.05, 3.63) is 12.2 Å². The van der Waals surface area contributed by atoms with Gasteiger partial charge in [-0.1, -0.05) is 20.3 Å². The molecule has 0 radical (unpaired) electrons. The van der Waals surface area contributed by atoms with Gasteiger partial charge in [0.15, 0.2) is 0 Å². The molecule has 5 nitrogen and oxygen atoms in total. The van der Waals surface area contributed by atoms with E-state index in [0.717, 1.165) is 44.6 Å². The van der Waals surface area contributed by atoms with Crippen molar-refractivity contribution in [3.63, 3.8) is 0 Å². The van der Waals surface area contributed by atoms with Crippen molar-refractivity contribution in [2.75, 3.05) is 19.6 Å². The van der Waals surface area contributed by atoms with Gasteiger partial charge in [0, 0.05) is 32.2 Å². The fraction of sp³-hybridized carbons (Fsp3) is 0.867. The number of fused-ring (bicyclic) bond motifs is 1. The van der Waals surface area contributed by atoms with Gasteiger partial charge in [-0.05, 0) is 24.7 Å². The molecule has 1 unspecified atom stereocenters. The van der Waals surface area contributed by atoms with Crippen LogP contribution in [-0.4, -0.2) is 45.3 Å². The maximum absolute atomic E-state index is 4.22. The highest BCUT2D eigenvalue weighted by atomic mass is 15.3. The van der Waals surface area contributed by atoms with Gasteiger partial charge in [-0.15, -0.1) is 10.2 Å². The smallest absolute Gasteiger partial charge is 0.147 e. The van der Waals surface area contributed by atoms with Crippen LogP contribution in [0.15, 0.2) is 6.33 Å². The Morgan fingerprint density at radius 3 is 3.00 bits per heavy atom. The third-order valence-electron chi connectivity index (χ3n) is 4.57. The zero-order chi connectivity index (χ0) is 14.0. The molecule has 1 aliphatic carbocycles. The highest BCUT2D eigenvalue weighted by molar-refractivity contribution is 4.93. The molecule has 1 aliphatic heterocycles. The predicted octanol–water partition coefficient (Wildman–Crippen LogP) is 1.65. The molecule has 1 saturated carbocycles. The molecule has 1 atom stereocenters. The molecule has 0 spiro atoms. The Hall–Kier alpha value is -0.940. The Balaban J connectivity index is 1.58. The third kappa shape index (κ3) is 3.38. The summed E-state index contributed by atoms with van der Waals surface area (Å²) in [5.41, 5.74) is 0.375. The average molecular weight is 277 g/mol. The van der Waals surface area contributed by atoms with Crippen LogP contribution in [0.1, 0.15) is 45.4 Å². The van der Waals surface area contributed by atoms with Crippen LogP contribution in [0.25, 0.3) is 0 Å². The lowest BCUT2D eigenvalue weighted by Crippen LogP contribution is -2.45. The molecule has 1 aromatic rings. The SMILES string of the molecule is CCCC(C)(CNC1CC1)CN1CCn2cnnc2C1. The van der Waals surface area contributed by atoms with Gasteiger partial charge in [-0.3, -0.25) is 4.90 Å². The van der Waals surface area contributed by atoms with Gasteiger partial charge in [-0.25, -0.2) is 0 Å². The number of rotatable bonds is 7. The molecule has 1 fully saturated rings. The topological polar surface area (TPSA) is 46.0 Å². The normalized spacial score (nSPS) is 22.5. The lowest BCUT2D eigenvalue weighted by Gasteiger charge is -2.37. The van der Waals surface area contributed by atoms with Gasteiger partial charge >= 0.3 is 0 Å². The average Bonchev–Trinajstić information content (AvgIpc) is 3.14. The van der Waals surface area contributed by atoms with Crippen LogP contribution in [0.4, 0.5) is 0 Å². The molecule has 2 aliphatic rings. The van der Waals surface area contributed by atoms with E-state index < -0.39 is 0 Å². The summed E-state index contributed by atoms with van der Waals surface area (Å²) in [6, 6.07) is 0.802. The molecule has 3 rings (SSSR count). The van der Waals surface area contributed by atoms with Crippen LogP contribution < -0.4 is 5.32 Å². The Labute approximate surface area is 121 Å². The molecule has 5 heteroatoms. The zero-order valence-corrected chi connectivity index (χ0v) is 12.8. The minimum Gasteiger partial charge on any atom is -0.315 e. The van der Waals surface area contributed by atoms with Crippen LogP contribution in [0, 0.1) is 5.41 Å². The van der Waals surface area contributed by atoms with E-state index >= 15 is 0 Å². The fourth-order valence-corrected chi connectivity index (χ4v) is 3.30. The molecule has 0 saturated heterocycles. The van der Waals surface area contributed by atoms with E-state index in [1.165, 1.54) is 25.7 Å². The summed E-state index contributed by atoms with van der Waals surface area (Å²) in [5.74, 6) is 1.12. The minimum atomic E-state index is 0.375. The van der Waals surface area contributed by atoms with Crippen LogP contribution in [-0.2, 0) is 13.1 Å². The van der Waals surface area contributed by atoms with Crippen molar-refractivity contribution in [2.24, 2.45) is 5.41 Å². The quantitative estimate of drug-likeness (QED) is 0.823. The van der Waals surface area contributed by atoms with Crippen molar-refractivity contribution in [1.29, 1.82) is 0 Å².